The number of nitrogens with zero attached hydrogens (tertiary/aromatic N) is 3. The van der Waals surface area contributed by atoms with Crippen molar-refractivity contribution in [2.45, 2.75) is 24.7 Å². The Bertz CT molecular complexity index is 490. The second-order valence-corrected chi connectivity index (χ2v) is 7.96. The van der Waals surface area contributed by atoms with Crippen LogP contribution in [0.4, 0.5) is 0 Å². The molecule has 1 aliphatic carbocycles. The highest BCUT2D eigenvalue weighted by atomic mass is 35.5. The van der Waals surface area contributed by atoms with Crippen LogP contribution in [-0.2, 0) is 5.41 Å². The number of benzene rings is 1. The third-order valence-electron chi connectivity index (χ3n) is 5.49. The maximum atomic E-state index is 6.02. The predicted octanol–water partition coefficient (Wildman–Crippen LogP) is 2.94. The lowest BCUT2D eigenvalue weighted by Gasteiger charge is -2.33. The molecule has 0 bridgehead atoms. The van der Waals surface area contributed by atoms with E-state index < -0.39 is 0 Å². The molecule has 2 aliphatic rings. The fourth-order valence-corrected chi connectivity index (χ4v) is 3.85. The van der Waals surface area contributed by atoms with Crippen LogP contribution in [0.3, 0.4) is 0 Å². The van der Waals surface area contributed by atoms with Crippen LogP contribution in [0.1, 0.15) is 24.8 Å². The number of rotatable bonds is 7. The molecule has 1 saturated carbocycles. The fourth-order valence-electron chi connectivity index (χ4n) is 3.72. The van der Waals surface area contributed by atoms with Crippen molar-refractivity contribution in [3.63, 3.8) is 0 Å². The van der Waals surface area contributed by atoms with Gasteiger partial charge in [-0.15, -0.1) is 0 Å². The molecule has 0 aromatic heterocycles. The first-order valence-corrected chi connectivity index (χ1v) is 9.31. The van der Waals surface area contributed by atoms with Crippen molar-refractivity contribution in [2.24, 2.45) is 0 Å². The molecule has 3 nitrogen and oxygen atoms in total. The molecular weight excluding hydrogens is 306 g/mol. The van der Waals surface area contributed by atoms with Crippen LogP contribution in [0.2, 0.25) is 5.02 Å². The first-order chi connectivity index (χ1) is 11.1. The summed E-state index contributed by atoms with van der Waals surface area (Å²) in [5.74, 6) is 0. The van der Waals surface area contributed by atoms with E-state index in [4.69, 9.17) is 11.6 Å². The summed E-state index contributed by atoms with van der Waals surface area (Å²) < 4.78 is 0. The van der Waals surface area contributed by atoms with E-state index in [1.54, 1.807) is 0 Å². The lowest BCUT2D eigenvalue weighted by atomic mass is 9.95. The molecule has 0 atom stereocenters. The average molecular weight is 336 g/mol. The maximum absolute atomic E-state index is 6.02. The molecule has 1 aromatic rings. The Labute approximate surface area is 146 Å². The number of halogens is 1. The minimum atomic E-state index is 0.396. The summed E-state index contributed by atoms with van der Waals surface area (Å²) in [5.41, 5.74) is 1.86. The minimum absolute atomic E-state index is 0.396. The van der Waals surface area contributed by atoms with Gasteiger partial charge in [-0.2, -0.15) is 0 Å². The van der Waals surface area contributed by atoms with Gasteiger partial charge in [0.25, 0.3) is 0 Å². The molecule has 0 amide bonds. The Balaban J connectivity index is 1.41. The van der Waals surface area contributed by atoms with E-state index in [1.807, 2.05) is 12.1 Å². The summed E-state index contributed by atoms with van der Waals surface area (Å²) >= 11 is 6.02. The van der Waals surface area contributed by atoms with Gasteiger partial charge in [-0.25, -0.2) is 0 Å². The summed E-state index contributed by atoms with van der Waals surface area (Å²) in [7, 11) is 4.50. The standard InChI is InChI=1S/C19H30ClN3/c1-21-12-14-23(15-13-21)11-3-10-22(2)16-19(8-9-19)17-4-6-18(20)7-5-17/h4-7H,3,8-16H2,1-2H3. The van der Waals surface area contributed by atoms with Gasteiger partial charge < -0.3 is 14.7 Å². The molecule has 4 heteroatoms. The number of likely N-dealkylation sites (N-methyl/N-ethyl adjacent to an activating group) is 2. The minimum Gasteiger partial charge on any atom is -0.305 e. The van der Waals surface area contributed by atoms with Crippen LogP contribution >= 0.6 is 11.6 Å². The van der Waals surface area contributed by atoms with Crippen molar-refractivity contribution in [1.29, 1.82) is 0 Å². The van der Waals surface area contributed by atoms with Crippen molar-refractivity contribution in [3.8, 4) is 0 Å². The van der Waals surface area contributed by atoms with E-state index in [2.05, 4.69) is 40.9 Å². The summed E-state index contributed by atoms with van der Waals surface area (Å²) in [6.07, 6.45) is 3.91. The quantitative estimate of drug-likeness (QED) is 0.758. The van der Waals surface area contributed by atoms with Gasteiger partial charge in [-0.3, -0.25) is 0 Å². The first kappa shape index (κ1) is 17.2. The lowest BCUT2D eigenvalue weighted by molar-refractivity contribution is 0.147. The van der Waals surface area contributed by atoms with E-state index in [-0.39, 0.29) is 0 Å². The number of hydrogen-bond acceptors (Lipinski definition) is 3. The van der Waals surface area contributed by atoms with Crippen LogP contribution in [0.15, 0.2) is 24.3 Å². The summed E-state index contributed by atoms with van der Waals surface area (Å²) in [5, 5.41) is 0.838. The SMILES string of the molecule is CN1CCN(CCCN(C)CC2(c3ccc(Cl)cc3)CC2)CC1. The van der Waals surface area contributed by atoms with Crippen LogP contribution in [0.5, 0.6) is 0 Å². The Morgan fingerprint density at radius 1 is 1.09 bits per heavy atom. The normalized spacial score (nSPS) is 21.7. The molecular formula is C19H30ClN3. The fraction of sp³-hybridized carbons (Fsp3) is 0.684. The largest absolute Gasteiger partial charge is 0.305 e. The third kappa shape index (κ3) is 4.69. The Hall–Kier alpha value is -0.610. The highest BCUT2D eigenvalue weighted by molar-refractivity contribution is 6.30. The number of hydrogen-bond donors (Lipinski definition) is 0. The molecule has 1 aliphatic heterocycles. The lowest BCUT2D eigenvalue weighted by Crippen LogP contribution is -2.45. The van der Waals surface area contributed by atoms with E-state index >= 15 is 0 Å². The molecule has 0 unspecified atom stereocenters. The van der Waals surface area contributed by atoms with Crippen LogP contribution in [-0.4, -0.2) is 74.6 Å². The summed E-state index contributed by atoms with van der Waals surface area (Å²) in [4.78, 5) is 7.56. The van der Waals surface area contributed by atoms with Gasteiger partial charge in [0.15, 0.2) is 0 Å². The molecule has 1 saturated heterocycles. The van der Waals surface area contributed by atoms with Gasteiger partial charge in [0.05, 0.1) is 0 Å². The monoisotopic (exact) mass is 335 g/mol. The van der Waals surface area contributed by atoms with Gasteiger partial charge in [-0.05, 0) is 64.1 Å². The molecule has 0 N–H and O–H groups in total. The van der Waals surface area contributed by atoms with Gasteiger partial charge in [0.1, 0.15) is 0 Å². The number of piperazine rings is 1. The van der Waals surface area contributed by atoms with Crippen molar-refractivity contribution < 1.29 is 0 Å². The van der Waals surface area contributed by atoms with E-state index in [0.29, 0.717) is 5.41 Å². The molecule has 23 heavy (non-hydrogen) atoms. The van der Waals surface area contributed by atoms with Gasteiger partial charge in [0, 0.05) is 43.2 Å². The second kappa shape index (κ2) is 7.52. The van der Waals surface area contributed by atoms with Crippen molar-refractivity contribution >= 4 is 11.6 Å². The zero-order valence-electron chi connectivity index (χ0n) is 14.6. The van der Waals surface area contributed by atoms with Crippen LogP contribution in [0, 0.1) is 0 Å². The molecule has 1 aromatic carbocycles. The Kier molecular flexibility index (Phi) is 5.63. The Morgan fingerprint density at radius 2 is 1.74 bits per heavy atom. The maximum Gasteiger partial charge on any atom is 0.0406 e. The molecule has 1 heterocycles. The zero-order chi connectivity index (χ0) is 16.3. The van der Waals surface area contributed by atoms with Gasteiger partial charge in [0.2, 0.25) is 0 Å². The molecule has 2 fully saturated rings. The highest BCUT2D eigenvalue weighted by Gasteiger charge is 2.44. The van der Waals surface area contributed by atoms with Gasteiger partial charge >= 0.3 is 0 Å². The van der Waals surface area contributed by atoms with Gasteiger partial charge in [-0.1, -0.05) is 23.7 Å². The van der Waals surface area contributed by atoms with Crippen molar-refractivity contribution in [2.75, 3.05) is 59.9 Å². The predicted molar refractivity (Wildman–Crippen MR) is 98.4 cm³/mol. The second-order valence-electron chi connectivity index (χ2n) is 7.52. The topological polar surface area (TPSA) is 9.72 Å². The summed E-state index contributed by atoms with van der Waals surface area (Å²) in [6.45, 7) is 8.51. The Morgan fingerprint density at radius 3 is 2.35 bits per heavy atom. The molecule has 0 radical (unpaired) electrons. The summed E-state index contributed by atoms with van der Waals surface area (Å²) in [6, 6.07) is 8.50. The first-order valence-electron chi connectivity index (χ1n) is 8.93. The van der Waals surface area contributed by atoms with Crippen LogP contribution in [0.25, 0.3) is 0 Å². The smallest absolute Gasteiger partial charge is 0.0406 e. The molecule has 128 valence electrons. The van der Waals surface area contributed by atoms with E-state index in [1.165, 1.54) is 70.6 Å². The van der Waals surface area contributed by atoms with Crippen molar-refractivity contribution in [1.82, 2.24) is 14.7 Å². The highest BCUT2D eigenvalue weighted by Crippen LogP contribution is 2.48. The van der Waals surface area contributed by atoms with E-state index in [9.17, 15) is 0 Å². The average Bonchev–Trinajstić information content (AvgIpc) is 3.30. The molecule has 3 rings (SSSR count). The van der Waals surface area contributed by atoms with E-state index in [0.717, 1.165) is 5.02 Å². The van der Waals surface area contributed by atoms with Crippen molar-refractivity contribution in [3.05, 3.63) is 34.9 Å². The molecule has 0 spiro atoms. The zero-order valence-corrected chi connectivity index (χ0v) is 15.4. The van der Waals surface area contributed by atoms with Crippen LogP contribution < -0.4 is 0 Å². The third-order valence-corrected chi connectivity index (χ3v) is 5.74.